The molecule has 24 heavy (non-hydrogen) atoms. The maximum atomic E-state index is 6.21. The average Bonchev–Trinajstić information content (AvgIpc) is 2.58. The van der Waals surface area contributed by atoms with E-state index >= 15 is 0 Å². The molecule has 0 N–H and O–H groups in total. The summed E-state index contributed by atoms with van der Waals surface area (Å²) in [5.74, 6) is 2.20. The number of ether oxygens (including phenoxy) is 2. The Morgan fingerprint density at radius 3 is 2.04 bits per heavy atom. The minimum Gasteiger partial charge on any atom is -0.471 e. The zero-order valence-electron chi connectivity index (χ0n) is 14.4. The van der Waals surface area contributed by atoms with E-state index in [1.54, 1.807) is 0 Å². The van der Waals surface area contributed by atoms with E-state index in [0.717, 1.165) is 31.0 Å². The maximum absolute atomic E-state index is 6.21. The summed E-state index contributed by atoms with van der Waals surface area (Å²) < 4.78 is 12.2. The van der Waals surface area contributed by atoms with Crippen LogP contribution in [0, 0.1) is 0 Å². The molecular formula is C19H25Cl2NO2. The van der Waals surface area contributed by atoms with Crippen LogP contribution in [-0.2, 0) is 0 Å². The van der Waals surface area contributed by atoms with E-state index in [-0.39, 0.29) is 18.6 Å². The Morgan fingerprint density at radius 1 is 0.917 bits per heavy atom. The predicted molar refractivity (Wildman–Crippen MR) is 103 cm³/mol. The van der Waals surface area contributed by atoms with E-state index in [1.165, 1.54) is 0 Å². The lowest BCUT2D eigenvalue weighted by Crippen LogP contribution is -2.38. The monoisotopic (exact) mass is 369 g/mol. The first-order chi connectivity index (χ1) is 11.2. The van der Waals surface area contributed by atoms with Gasteiger partial charge in [0.15, 0.2) is 17.7 Å². The van der Waals surface area contributed by atoms with Gasteiger partial charge in [-0.3, -0.25) is 4.90 Å². The molecule has 1 atom stereocenters. The molecule has 0 fully saturated rings. The van der Waals surface area contributed by atoms with Gasteiger partial charge in [0.2, 0.25) is 0 Å². The molecule has 0 saturated carbocycles. The van der Waals surface area contributed by atoms with Crippen molar-refractivity contribution >= 4 is 24.0 Å². The summed E-state index contributed by atoms with van der Waals surface area (Å²) in [5, 5.41) is 0.689. The standard InChI is InChI=1S/C19H24ClNO2.ClH/c1-4-19(21(5-2)6-3)23-18-10-8-7-9-17(18)22-16-13-11-15(20)12-14-16;/h7-14,19H,4-6H2,1-3H3;1H. The molecule has 0 heterocycles. The van der Waals surface area contributed by atoms with Crippen LogP contribution < -0.4 is 9.47 Å². The number of hydrogen-bond acceptors (Lipinski definition) is 3. The average molecular weight is 370 g/mol. The lowest BCUT2D eigenvalue weighted by molar-refractivity contribution is 0.0282. The highest BCUT2D eigenvalue weighted by Gasteiger charge is 2.17. The zero-order chi connectivity index (χ0) is 16.7. The molecule has 0 spiro atoms. The van der Waals surface area contributed by atoms with Gasteiger partial charge < -0.3 is 9.47 Å². The molecule has 2 rings (SSSR count). The molecule has 0 saturated heterocycles. The third-order valence-corrected chi connectivity index (χ3v) is 3.97. The highest BCUT2D eigenvalue weighted by atomic mass is 35.5. The zero-order valence-corrected chi connectivity index (χ0v) is 15.9. The van der Waals surface area contributed by atoms with E-state index in [2.05, 4.69) is 25.7 Å². The Kier molecular flexibility index (Phi) is 8.98. The molecule has 0 aliphatic carbocycles. The summed E-state index contributed by atoms with van der Waals surface area (Å²) in [7, 11) is 0. The van der Waals surface area contributed by atoms with Crippen LogP contribution in [0.4, 0.5) is 0 Å². The van der Waals surface area contributed by atoms with Crippen molar-refractivity contribution in [2.75, 3.05) is 13.1 Å². The maximum Gasteiger partial charge on any atom is 0.169 e. The third kappa shape index (κ3) is 5.59. The lowest BCUT2D eigenvalue weighted by atomic mass is 10.3. The Morgan fingerprint density at radius 2 is 1.50 bits per heavy atom. The second kappa shape index (κ2) is 10.4. The summed E-state index contributed by atoms with van der Waals surface area (Å²) in [6, 6.07) is 15.1. The van der Waals surface area contributed by atoms with Crippen molar-refractivity contribution in [3.05, 3.63) is 53.6 Å². The van der Waals surface area contributed by atoms with E-state index in [9.17, 15) is 0 Å². The molecular weight excluding hydrogens is 345 g/mol. The summed E-state index contributed by atoms with van der Waals surface area (Å²) in [6.45, 7) is 8.33. The number of nitrogens with zero attached hydrogens (tertiary/aromatic N) is 1. The molecule has 132 valence electrons. The quantitative estimate of drug-likeness (QED) is 0.531. The van der Waals surface area contributed by atoms with Crippen LogP contribution in [0.25, 0.3) is 0 Å². The first-order valence-electron chi connectivity index (χ1n) is 8.11. The molecule has 0 bridgehead atoms. The van der Waals surface area contributed by atoms with Crippen molar-refractivity contribution in [1.29, 1.82) is 0 Å². The SMILES string of the molecule is CCC(Oc1ccccc1Oc1ccc(Cl)cc1)N(CC)CC.Cl. The smallest absolute Gasteiger partial charge is 0.169 e. The molecule has 2 aromatic carbocycles. The van der Waals surface area contributed by atoms with Gasteiger partial charge in [0.1, 0.15) is 5.75 Å². The second-order valence-corrected chi connectivity index (χ2v) is 5.64. The van der Waals surface area contributed by atoms with Crippen LogP contribution in [0.1, 0.15) is 27.2 Å². The Balaban J connectivity index is 0.00000288. The van der Waals surface area contributed by atoms with Crippen LogP contribution in [0.5, 0.6) is 17.2 Å². The fourth-order valence-corrected chi connectivity index (χ4v) is 2.58. The van der Waals surface area contributed by atoms with Crippen molar-refractivity contribution in [2.24, 2.45) is 0 Å². The Hall–Kier alpha value is -1.42. The normalized spacial score (nSPS) is 11.7. The Bertz CT molecular complexity index is 601. The number of hydrogen-bond donors (Lipinski definition) is 0. The third-order valence-electron chi connectivity index (χ3n) is 3.72. The molecule has 3 nitrogen and oxygen atoms in total. The molecule has 1 unspecified atom stereocenters. The van der Waals surface area contributed by atoms with E-state index < -0.39 is 0 Å². The van der Waals surface area contributed by atoms with Crippen LogP contribution in [0.2, 0.25) is 5.02 Å². The van der Waals surface area contributed by atoms with E-state index in [0.29, 0.717) is 10.8 Å². The van der Waals surface area contributed by atoms with Gasteiger partial charge in [0.05, 0.1) is 0 Å². The minimum absolute atomic E-state index is 0. The van der Waals surface area contributed by atoms with Crippen molar-refractivity contribution in [3.63, 3.8) is 0 Å². The number of halogens is 2. The molecule has 0 radical (unpaired) electrons. The van der Waals surface area contributed by atoms with Crippen LogP contribution in [-0.4, -0.2) is 24.2 Å². The predicted octanol–water partition coefficient (Wildman–Crippen LogP) is 6.01. The van der Waals surface area contributed by atoms with Gasteiger partial charge in [-0.15, -0.1) is 12.4 Å². The first-order valence-corrected chi connectivity index (χ1v) is 8.48. The highest BCUT2D eigenvalue weighted by molar-refractivity contribution is 6.30. The lowest BCUT2D eigenvalue weighted by Gasteiger charge is -2.29. The number of para-hydroxylation sites is 2. The fourth-order valence-electron chi connectivity index (χ4n) is 2.45. The van der Waals surface area contributed by atoms with E-state index in [1.807, 2.05) is 48.5 Å². The van der Waals surface area contributed by atoms with Crippen LogP contribution >= 0.6 is 24.0 Å². The van der Waals surface area contributed by atoms with Crippen molar-refractivity contribution in [2.45, 2.75) is 33.4 Å². The second-order valence-electron chi connectivity index (χ2n) is 5.20. The molecule has 0 amide bonds. The van der Waals surface area contributed by atoms with Gasteiger partial charge >= 0.3 is 0 Å². The first kappa shape index (κ1) is 20.6. The summed E-state index contributed by atoms with van der Waals surface area (Å²) in [6.07, 6.45) is 0.955. The van der Waals surface area contributed by atoms with Crippen LogP contribution in [0.15, 0.2) is 48.5 Å². The Labute approximate surface area is 155 Å². The van der Waals surface area contributed by atoms with Crippen molar-refractivity contribution < 1.29 is 9.47 Å². The van der Waals surface area contributed by atoms with Gasteiger partial charge in [0.25, 0.3) is 0 Å². The molecule has 0 aliphatic rings. The molecule has 2 aromatic rings. The summed E-state index contributed by atoms with van der Waals surface area (Å²) in [4.78, 5) is 2.29. The summed E-state index contributed by atoms with van der Waals surface area (Å²) in [5.41, 5.74) is 0. The van der Waals surface area contributed by atoms with Crippen molar-refractivity contribution in [1.82, 2.24) is 4.90 Å². The number of benzene rings is 2. The molecule has 0 aromatic heterocycles. The number of rotatable bonds is 8. The van der Waals surface area contributed by atoms with Crippen molar-refractivity contribution in [3.8, 4) is 17.2 Å². The fraction of sp³-hybridized carbons (Fsp3) is 0.368. The van der Waals surface area contributed by atoms with Crippen LogP contribution in [0.3, 0.4) is 0 Å². The van der Waals surface area contributed by atoms with Gasteiger partial charge in [0, 0.05) is 5.02 Å². The topological polar surface area (TPSA) is 21.7 Å². The van der Waals surface area contributed by atoms with Gasteiger partial charge in [-0.1, -0.05) is 44.5 Å². The van der Waals surface area contributed by atoms with Gasteiger partial charge in [-0.25, -0.2) is 0 Å². The molecule has 5 heteroatoms. The van der Waals surface area contributed by atoms with E-state index in [4.69, 9.17) is 21.1 Å². The summed E-state index contributed by atoms with van der Waals surface area (Å²) >= 11 is 5.91. The minimum atomic E-state index is 0. The highest BCUT2D eigenvalue weighted by Crippen LogP contribution is 2.33. The molecule has 0 aliphatic heterocycles. The largest absolute Gasteiger partial charge is 0.471 e. The van der Waals surface area contributed by atoms with Gasteiger partial charge in [-0.05, 0) is 55.9 Å². The van der Waals surface area contributed by atoms with Gasteiger partial charge in [-0.2, -0.15) is 0 Å².